The standard InChI is InChI=1S/C24H30O4/c1-13(25)28-23-12-19-20(22(23,3)26)24(19)18-8-5-14-11-15(27-4)6-7-16(14)17(18)9-10-21(23,24)2/h6-7,11,17-20,26H,5,8-10,12H2,1-4H3/t17-,18-,19?,20+,21-,22+,23-,24+/m1/s1. The van der Waals surface area contributed by atoms with Crippen LogP contribution in [0.2, 0.25) is 0 Å². The van der Waals surface area contributed by atoms with Gasteiger partial charge < -0.3 is 14.6 Å². The molecule has 0 aliphatic heterocycles. The van der Waals surface area contributed by atoms with E-state index >= 15 is 0 Å². The lowest BCUT2D eigenvalue weighted by atomic mass is 9.51. The van der Waals surface area contributed by atoms with Gasteiger partial charge in [-0.05, 0) is 85.5 Å². The number of hydrogen-bond donors (Lipinski definition) is 1. The first kappa shape index (κ1) is 17.3. The molecule has 1 aromatic carbocycles. The second kappa shape index (κ2) is 4.77. The summed E-state index contributed by atoms with van der Waals surface area (Å²) in [4.78, 5) is 12.1. The van der Waals surface area contributed by atoms with E-state index in [1.54, 1.807) is 7.11 Å². The summed E-state index contributed by atoms with van der Waals surface area (Å²) >= 11 is 0. The molecule has 1 unspecified atom stereocenters. The van der Waals surface area contributed by atoms with E-state index in [4.69, 9.17) is 9.47 Å². The third-order valence-electron chi connectivity index (χ3n) is 10.0. The first-order chi connectivity index (χ1) is 13.2. The average Bonchev–Trinajstić information content (AvgIpc) is 3.13. The number of carbonyl (C=O) groups is 1. The summed E-state index contributed by atoms with van der Waals surface area (Å²) in [5, 5.41) is 11.7. The van der Waals surface area contributed by atoms with Crippen molar-refractivity contribution in [2.24, 2.45) is 28.6 Å². The highest BCUT2D eigenvalue weighted by Gasteiger charge is 2.99. The van der Waals surface area contributed by atoms with Crippen molar-refractivity contribution in [2.45, 2.75) is 70.0 Å². The van der Waals surface area contributed by atoms with Crippen LogP contribution in [0.5, 0.6) is 5.75 Å². The van der Waals surface area contributed by atoms with Gasteiger partial charge in [0.1, 0.15) is 17.0 Å². The summed E-state index contributed by atoms with van der Waals surface area (Å²) in [6, 6.07) is 6.59. The van der Waals surface area contributed by atoms with Gasteiger partial charge >= 0.3 is 5.97 Å². The van der Waals surface area contributed by atoms with E-state index in [0.717, 1.165) is 31.4 Å². The van der Waals surface area contributed by atoms with Gasteiger partial charge in [0.05, 0.1) is 7.11 Å². The lowest BCUT2D eigenvalue weighted by Crippen LogP contribution is -2.59. The third-order valence-corrected chi connectivity index (χ3v) is 10.0. The zero-order chi connectivity index (χ0) is 19.7. The topological polar surface area (TPSA) is 55.8 Å². The van der Waals surface area contributed by atoms with E-state index in [2.05, 4.69) is 25.1 Å². The normalized spacial score (nSPS) is 51.8. The Kier molecular flexibility index (Phi) is 2.95. The molecule has 28 heavy (non-hydrogen) atoms. The minimum atomic E-state index is -0.910. The number of ether oxygens (including phenoxy) is 2. The maximum atomic E-state index is 12.1. The van der Waals surface area contributed by atoms with Crippen LogP contribution in [0.15, 0.2) is 18.2 Å². The van der Waals surface area contributed by atoms with Crippen LogP contribution in [0.3, 0.4) is 0 Å². The zero-order valence-corrected chi connectivity index (χ0v) is 17.2. The van der Waals surface area contributed by atoms with Crippen LogP contribution in [0.1, 0.15) is 63.5 Å². The van der Waals surface area contributed by atoms with Crippen molar-refractivity contribution in [1.29, 1.82) is 0 Å². The molecule has 4 nitrogen and oxygen atoms in total. The number of hydrogen-bond acceptors (Lipinski definition) is 4. The van der Waals surface area contributed by atoms with Crippen LogP contribution >= 0.6 is 0 Å². The summed E-state index contributed by atoms with van der Waals surface area (Å²) in [5.74, 6) is 2.60. The Hall–Kier alpha value is -1.55. The van der Waals surface area contributed by atoms with Crippen LogP contribution in [0.4, 0.5) is 0 Å². The molecule has 5 fully saturated rings. The highest BCUT2D eigenvalue weighted by molar-refractivity contribution is 5.68. The molecule has 0 amide bonds. The Balaban J connectivity index is 1.47. The van der Waals surface area contributed by atoms with Crippen molar-refractivity contribution >= 4 is 5.97 Å². The number of carbonyl (C=O) groups excluding carboxylic acids is 1. The minimum Gasteiger partial charge on any atom is -0.497 e. The van der Waals surface area contributed by atoms with Crippen molar-refractivity contribution in [3.8, 4) is 5.75 Å². The molecular formula is C24H30O4. The maximum absolute atomic E-state index is 12.1. The lowest BCUT2D eigenvalue weighted by Gasteiger charge is -2.54. The molecule has 4 heteroatoms. The molecule has 7 rings (SSSR count). The zero-order valence-electron chi connectivity index (χ0n) is 17.2. The van der Waals surface area contributed by atoms with Gasteiger partial charge in [-0.25, -0.2) is 0 Å². The van der Waals surface area contributed by atoms with Crippen LogP contribution in [-0.4, -0.2) is 29.4 Å². The fraction of sp³-hybridized carbons (Fsp3) is 0.708. The Bertz CT molecular complexity index is 906. The molecule has 0 saturated heterocycles. The molecule has 0 heterocycles. The van der Waals surface area contributed by atoms with E-state index < -0.39 is 11.2 Å². The Morgan fingerprint density at radius 3 is 2.64 bits per heavy atom. The SMILES string of the molecule is COc1ccc2c(c1)CC[C@@H]1[C@@H]2CC[C@@]2(C)[C@]13C1C[C@]2(OC(C)=O)[C@@](C)(O)[C@H]13. The van der Waals surface area contributed by atoms with Crippen molar-refractivity contribution in [3.63, 3.8) is 0 Å². The van der Waals surface area contributed by atoms with Crippen LogP contribution in [0.25, 0.3) is 0 Å². The number of rotatable bonds is 2. The van der Waals surface area contributed by atoms with Gasteiger partial charge in [0.15, 0.2) is 0 Å². The van der Waals surface area contributed by atoms with E-state index in [-0.39, 0.29) is 22.7 Å². The molecule has 4 bridgehead atoms. The van der Waals surface area contributed by atoms with Gasteiger partial charge in [-0.15, -0.1) is 0 Å². The number of aryl methyl sites for hydroxylation is 1. The summed E-state index contributed by atoms with van der Waals surface area (Å²) < 4.78 is 11.5. The molecule has 0 radical (unpaired) electrons. The first-order valence-electron chi connectivity index (χ1n) is 10.8. The summed E-state index contributed by atoms with van der Waals surface area (Å²) in [6.45, 7) is 5.78. The Morgan fingerprint density at radius 1 is 1.21 bits per heavy atom. The molecule has 1 spiro atoms. The van der Waals surface area contributed by atoms with Crippen molar-refractivity contribution in [2.75, 3.05) is 7.11 Å². The predicted molar refractivity (Wildman–Crippen MR) is 104 cm³/mol. The summed E-state index contributed by atoms with van der Waals surface area (Å²) in [5.41, 5.74) is 1.33. The lowest BCUT2D eigenvalue weighted by molar-refractivity contribution is -0.207. The fourth-order valence-electron chi connectivity index (χ4n) is 9.50. The van der Waals surface area contributed by atoms with Gasteiger partial charge in [-0.1, -0.05) is 13.0 Å². The molecule has 8 atom stereocenters. The molecule has 0 aromatic heterocycles. The average molecular weight is 383 g/mol. The van der Waals surface area contributed by atoms with Crippen molar-refractivity contribution in [3.05, 3.63) is 29.3 Å². The van der Waals surface area contributed by atoms with Crippen LogP contribution in [0, 0.1) is 28.6 Å². The summed E-state index contributed by atoms with van der Waals surface area (Å²) in [7, 11) is 1.73. The Morgan fingerprint density at radius 2 is 2.00 bits per heavy atom. The van der Waals surface area contributed by atoms with Gasteiger partial charge in [0.2, 0.25) is 0 Å². The number of fused-ring (bicyclic) bond motifs is 3. The van der Waals surface area contributed by atoms with Gasteiger partial charge in [-0.2, -0.15) is 0 Å². The van der Waals surface area contributed by atoms with Crippen molar-refractivity contribution < 1.29 is 19.4 Å². The van der Waals surface area contributed by atoms with Gasteiger partial charge in [0, 0.05) is 18.3 Å². The van der Waals surface area contributed by atoms with Gasteiger partial charge in [0.25, 0.3) is 0 Å². The minimum absolute atomic E-state index is 0.115. The molecule has 1 N–H and O–H groups in total. The molecule has 6 aliphatic rings. The predicted octanol–water partition coefficient (Wildman–Crippen LogP) is 3.84. The highest BCUT2D eigenvalue weighted by atomic mass is 16.6. The quantitative estimate of drug-likeness (QED) is 0.790. The third kappa shape index (κ3) is 1.48. The summed E-state index contributed by atoms with van der Waals surface area (Å²) in [6.07, 6.45) is 5.23. The number of esters is 1. The molecule has 5 saturated carbocycles. The van der Waals surface area contributed by atoms with Crippen molar-refractivity contribution in [1.82, 2.24) is 0 Å². The second-order valence-electron chi connectivity index (χ2n) is 10.5. The molecule has 1 aromatic rings. The monoisotopic (exact) mass is 382 g/mol. The Labute approximate surface area is 166 Å². The maximum Gasteiger partial charge on any atom is 0.303 e. The van der Waals surface area contributed by atoms with Gasteiger partial charge in [-0.3, -0.25) is 4.79 Å². The number of aliphatic hydroxyl groups is 1. The molecular weight excluding hydrogens is 352 g/mol. The molecule has 150 valence electrons. The van der Waals surface area contributed by atoms with E-state index in [0.29, 0.717) is 17.8 Å². The van der Waals surface area contributed by atoms with Crippen LogP contribution < -0.4 is 4.74 Å². The smallest absolute Gasteiger partial charge is 0.303 e. The number of methoxy groups -OCH3 is 1. The van der Waals surface area contributed by atoms with E-state index in [1.807, 2.05) is 6.92 Å². The largest absolute Gasteiger partial charge is 0.497 e. The first-order valence-corrected chi connectivity index (χ1v) is 10.8. The highest BCUT2D eigenvalue weighted by Crippen LogP contribution is 2.96. The molecule has 6 aliphatic carbocycles. The number of benzene rings is 1. The van der Waals surface area contributed by atoms with E-state index in [1.165, 1.54) is 24.5 Å². The second-order valence-corrected chi connectivity index (χ2v) is 10.5. The fourth-order valence-corrected chi connectivity index (χ4v) is 9.50. The van der Waals surface area contributed by atoms with Crippen LogP contribution in [-0.2, 0) is 16.0 Å². The van der Waals surface area contributed by atoms with E-state index in [9.17, 15) is 9.90 Å².